The van der Waals surface area contributed by atoms with Crippen LogP contribution in [0, 0.1) is 10.1 Å². The summed E-state index contributed by atoms with van der Waals surface area (Å²) in [5.41, 5.74) is 0.251. The summed E-state index contributed by atoms with van der Waals surface area (Å²) in [5, 5.41) is 19.4. The van der Waals surface area contributed by atoms with E-state index in [0.717, 1.165) is 6.20 Å². The summed E-state index contributed by atoms with van der Waals surface area (Å²) in [6.45, 7) is 3.37. The van der Waals surface area contributed by atoms with Crippen molar-refractivity contribution < 1.29 is 10.0 Å². The quantitative estimate of drug-likeness (QED) is 0.431. The lowest BCUT2D eigenvalue weighted by molar-refractivity contribution is -0.385. The molecular weight excluding hydrogens is 172 g/mol. The van der Waals surface area contributed by atoms with E-state index in [9.17, 15) is 15.2 Å². The number of aromatic nitrogens is 1. The maximum Gasteiger partial charge on any atom is 0.287 e. The van der Waals surface area contributed by atoms with E-state index < -0.39 is 11.0 Å². The molecular formula is C8H8N2O3. The molecule has 0 spiro atoms. The van der Waals surface area contributed by atoms with Crippen LogP contribution in [-0.4, -0.2) is 15.0 Å². The molecule has 1 aromatic heterocycles. The standard InChI is InChI=1S/C8H8N2O3/c1-2-8(11)7-4-3-6(5-9-7)10(12)13/h2-5,8,11H,1H2. The number of pyridine rings is 1. The molecule has 0 saturated heterocycles. The zero-order valence-corrected chi connectivity index (χ0v) is 6.75. The van der Waals surface area contributed by atoms with Gasteiger partial charge in [-0.2, -0.15) is 0 Å². The van der Waals surface area contributed by atoms with Gasteiger partial charge in [0.05, 0.1) is 10.6 Å². The second-order valence-electron chi connectivity index (χ2n) is 2.38. The van der Waals surface area contributed by atoms with Gasteiger partial charge in [0.15, 0.2) is 0 Å². The number of aliphatic hydroxyl groups excluding tert-OH is 1. The van der Waals surface area contributed by atoms with Crippen LogP contribution in [0.4, 0.5) is 5.69 Å². The molecule has 0 fully saturated rings. The second-order valence-corrected chi connectivity index (χ2v) is 2.38. The van der Waals surface area contributed by atoms with Gasteiger partial charge in [0.1, 0.15) is 12.3 Å². The van der Waals surface area contributed by atoms with E-state index in [1.807, 2.05) is 0 Å². The average molecular weight is 180 g/mol. The van der Waals surface area contributed by atoms with Crippen LogP contribution in [0.25, 0.3) is 0 Å². The predicted octanol–water partition coefficient (Wildman–Crippen LogP) is 1.21. The van der Waals surface area contributed by atoms with E-state index in [-0.39, 0.29) is 5.69 Å². The van der Waals surface area contributed by atoms with Crippen LogP contribution in [0.1, 0.15) is 11.8 Å². The highest BCUT2D eigenvalue weighted by atomic mass is 16.6. The average Bonchev–Trinajstić information content (AvgIpc) is 2.17. The molecule has 1 aromatic rings. The lowest BCUT2D eigenvalue weighted by atomic mass is 10.2. The molecule has 0 aliphatic heterocycles. The molecule has 0 saturated carbocycles. The third kappa shape index (κ3) is 2.09. The molecule has 68 valence electrons. The van der Waals surface area contributed by atoms with Gasteiger partial charge in [0.2, 0.25) is 0 Å². The first-order chi connectivity index (χ1) is 6.15. The smallest absolute Gasteiger partial charge is 0.287 e. The normalized spacial score (nSPS) is 12.1. The van der Waals surface area contributed by atoms with Gasteiger partial charge in [0.25, 0.3) is 5.69 Å². The van der Waals surface area contributed by atoms with Crippen LogP contribution in [0.3, 0.4) is 0 Å². The maximum absolute atomic E-state index is 10.2. The van der Waals surface area contributed by atoms with E-state index in [1.165, 1.54) is 18.2 Å². The van der Waals surface area contributed by atoms with E-state index >= 15 is 0 Å². The summed E-state index contributed by atoms with van der Waals surface area (Å²) < 4.78 is 0. The van der Waals surface area contributed by atoms with Gasteiger partial charge in [-0.25, -0.2) is 0 Å². The van der Waals surface area contributed by atoms with Crippen LogP contribution in [0.2, 0.25) is 0 Å². The number of hydrogen-bond donors (Lipinski definition) is 1. The largest absolute Gasteiger partial charge is 0.383 e. The molecule has 1 atom stereocenters. The molecule has 5 nitrogen and oxygen atoms in total. The molecule has 1 rings (SSSR count). The minimum Gasteiger partial charge on any atom is -0.383 e. The number of hydrogen-bond acceptors (Lipinski definition) is 4. The summed E-state index contributed by atoms with van der Waals surface area (Å²) in [7, 11) is 0. The Balaban J connectivity index is 2.93. The van der Waals surface area contributed by atoms with E-state index in [0.29, 0.717) is 5.69 Å². The van der Waals surface area contributed by atoms with Gasteiger partial charge in [-0.15, -0.1) is 6.58 Å². The summed E-state index contributed by atoms with van der Waals surface area (Å²) in [6.07, 6.45) is 1.52. The van der Waals surface area contributed by atoms with Crippen molar-refractivity contribution in [2.75, 3.05) is 0 Å². The Labute approximate surface area is 74.5 Å². The lowest BCUT2D eigenvalue weighted by Gasteiger charge is -2.02. The van der Waals surface area contributed by atoms with Crippen LogP contribution in [0.15, 0.2) is 31.0 Å². The van der Waals surface area contributed by atoms with Crippen LogP contribution < -0.4 is 0 Å². The highest BCUT2D eigenvalue weighted by molar-refractivity contribution is 5.28. The third-order valence-corrected chi connectivity index (χ3v) is 1.51. The van der Waals surface area contributed by atoms with Crippen molar-refractivity contribution in [3.8, 4) is 0 Å². The first kappa shape index (κ1) is 9.34. The second kappa shape index (κ2) is 3.77. The van der Waals surface area contributed by atoms with Crippen molar-refractivity contribution in [1.82, 2.24) is 4.98 Å². The number of aliphatic hydroxyl groups is 1. The van der Waals surface area contributed by atoms with Gasteiger partial charge in [-0.3, -0.25) is 15.1 Å². The van der Waals surface area contributed by atoms with Crippen molar-refractivity contribution in [2.45, 2.75) is 6.10 Å². The van der Waals surface area contributed by atoms with E-state index in [4.69, 9.17) is 0 Å². The van der Waals surface area contributed by atoms with Gasteiger partial charge < -0.3 is 5.11 Å². The topological polar surface area (TPSA) is 76.3 Å². The zero-order valence-electron chi connectivity index (χ0n) is 6.75. The van der Waals surface area contributed by atoms with Crippen LogP contribution >= 0.6 is 0 Å². The predicted molar refractivity (Wildman–Crippen MR) is 46.0 cm³/mol. The first-order valence-corrected chi connectivity index (χ1v) is 3.56. The van der Waals surface area contributed by atoms with E-state index in [1.54, 1.807) is 0 Å². The summed E-state index contributed by atoms with van der Waals surface area (Å²) in [4.78, 5) is 13.4. The molecule has 0 aliphatic rings. The molecule has 1 N–H and O–H groups in total. The fraction of sp³-hybridized carbons (Fsp3) is 0.125. The highest BCUT2D eigenvalue weighted by Crippen LogP contribution is 2.14. The van der Waals surface area contributed by atoms with Gasteiger partial charge >= 0.3 is 0 Å². The Bertz CT molecular complexity index is 321. The highest BCUT2D eigenvalue weighted by Gasteiger charge is 2.08. The Kier molecular flexibility index (Phi) is 2.71. The van der Waals surface area contributed by atoms with Crippen LogP contribution in [0.5, 0.6) is 0 Å². The van der Waals surface area contributed by atoms with Crippen LogP contribution in [-0.2, 0) is 0 Å². The fourth-order valence-electron chi connectivity index (χ4n) is 0.801. The first-order valence-electron chi connectivity index (χ1n) is 3.56. The SMILES string of the molecule is C=CC(O)c1ccc([N+](=O)[O-])cn1. The minimum absolute atomic E-state index is 0.0972. The fourth-order valence-corrected chi connectivity index (χ4v) is 0.801. The van der Waals surface area contributed by atoms with Crippen molar-refractivity contribution in [3.05, 3.63) is 46.8 Å². The van der Waals surface area contributed by atoms with Gasteiger partial charge in [-0.05, 0) is 6.07 Å². The van der Waals surface area contributed by atoms with E-state index in [2.05, 4.69) is 11.6 Å². The molecule has 0 radical (unpaired) electrons. The van der Waals surface area contributed by atoms with Crippen molar-refractivity contribution in [3.63, 3.8) is 0 Å². The molecule has 0 aliphatic carbocycles. The van der Waals surface area contributed by atoms with Gasteiger partial charge in [-0.1, -0.05) is 6.08 Å². The Morgan fingerprint density at radius 1 is 1.69 bits per heavy atom. The maximum atomic E-state index is 10.2. The van der Waals surface area contributed by atoms with Crippen molar-refractivity contribution >= 4 is 5.69 Å². The molecule has 1 unspecified atom stereocenters. The molecule has 0 amide bonds. The Hall–Kier alpha value is -1.75. The minimum atomic E-state index is -0.874. The summed E-state index contributed by atoms with van der Waals surface area (Å²) in [5.74, 6) is 0. The summed E-state index contributed by atoms with van der Waals surface area (Å²) >= 11 is 0. The Morgan fingerprint density at radius 2 is 2.38 bits per heavy atom. The van der Waals surface area contributed by atoms with Crippen molar-refractivity contribution in [2.24, 2.45) is 0 Å². The van der Waals surface area contributed by atoms with Crippen molar-refractivity contribution in [1.29, 1.82) is 0 Å². The molecule has 13 heavy (non-hydrogen) atoms. The number of nitro groups is 1. The lowest BCUT2D eigenvalue weighted by Crippen LogP contribution is -1.97. The van der Waals surface area contributed by atoms with Gasteiger partial charge in [0, 0.05) is 6.07 Å². The monoisotopic (exact) mass is 180 g/mol. The summed E-state index contributed by atoms with van der Waals surface area (Å²) in [6, 6.07) is 2.68. The zero-order chi connectivity index (χ0) is 9.84. The number of rotatable bonds is 3. The molecule has 1 heterocycles. The number of nitrogens with zero attached hydrogens (tertiary/aromatic N) is 2. The molecule has 0 bridgehead atoms. The molecule has 5 heteroatoms. The molecule has 0 aromatic carbocycles. The Morgan fingerprint density at radius 3 is 2.77 bits per heavy atom. The third-order valence-electron chi connectivity index (χ3n) is 1.51.